The smallest absolute Gasteiger partial charge is 0.410 e. The average molecular weight is 333 g/mol. The minimum Gasteiger partial charge on any atom is -0.444 e. The number of likely N-dealkylation sites (tertiary alicyclic amines) is 1. The van der Waals surface area contributed by atoms with Gasteiger partial charge >= 0.3 is 6.09 Å². The minimum absolute atomic E-state index is 0.206. The van der Waals surface area contributed by atoms with E-state index in [1.807, 2.05) is 32.3 Å². The summed E-state index contributed by atoms with van der Waals surface area (Å²) < 4.78 is 6.63. The summed E-state index contributed by atoms with van der Waals surface area (Å²) in [6.07, 6.45) is 1.65. The third kappa shape index (κ3) is 4.13. The van der Waals surface area contributed by atoms with Gasteiger partial charge in [0.2, 0.25) is 0 Å². The highest BCUT2D eigenvalue weighted by Gasteiger charge is 2.26. The maximum absolute atomic E-state index is 12.1. The molecule has 0 aliphatic carbocycles. The molecule has 2 aromatic rings. The van der Waals surface area contributed by atoms with Crippen LogP contribution in [0.25, 0.3) is 10.2 Å². The Bertz CT molecular complexity index is 684. The standard InChI is InChI=1S/C17H23N3O2S/c1-17(2,3)22-16(21)20-8-6-12(7-9-20)19-13-4-5-14-15(10-13)23-11-18-14/h4-5,10-12,19H,6-9H2,1-3H3. The van der Waals surface area contributed by atoms with Crippen LogP contribution in [0.1, 0.15) is 33.6 Å². The first-order valence-electron chi connectivity index (χ1n) is 7.98. The van der Waals surface area contributed by atoms with Gasteiger partial charge in [0.05, 0.1) is 15.7 Å². The van der Waals surface area contributed by atoms with Crippen LogP contribution in [0, 0.1) is 0 Å². The van der Waals surface area contributed by atoms with Gasteiger partial charge in [0.25, 0.3) is 0 Å². The van der Waals surface area contributed by atoms with Gasteiger partial charge in [0, 0.05) is 24.8 Å². The highest BCUT2D eigenvalue weighted by Crippen LogP contribution is 2.24. The number of ether oxygens (including phenoxy) is 1. The zero-order chi connectivity index (χ0) is 16.4. The molecule has 124 valence electrons. The lowest BCUT2D eigenvalue weighted by Gasteiger charge is -2.34. The molecule has 1 N–H and O–H groups in total. The molecule has 2 heterocycles. The number of amides is 1. The number of carbonyl (C=O) groups is 1. The van der Waals surface area contributed by atoms with Crippen LogP contribution in [0.2, 0.25) is 0 Å². The largest absolute Gasteiger partial charge is 0.444 e. The molecule has 6 heteroatoms. The number of benzene rings is 1. The van der Waals surface area contributed by atoms with Crippen molar-refractivity contribution in [1.29, 1.82) is 0 Å². The van der Waals surface area contributed by atoms with Crippen molar-refractivity contribution >= 4 is 33.3 Å². The summed E-state index contributed by atoms with van der Waals surface area (Å²) in [5.74, 6) is 0. The van der Waals surface area contributed by atoms with E-state index in [1.165, 1.54) is 4.70 Å². The SMILES string of the molecule is CC(C)(C)OC(=O)N1CCC(Nc2ccc3ncsc3c2)CC1. The summed E-state index contributed by atoms with van der Waals surface area (Å²) in [5.41, 5.74) is 3.60. The van der Waals surface area contributed by atoms with Crippen LogP contribution in [-0.2, 0) is 4.74 Å². The van der Waals surface area contributed by atoms with Crippen LogP contribution in [0.4, 0.5) is 10.5 Å². The molecule has 0 unspecified atom stereocenters. The number of aromatic nitrogens is 1. The molecule has 0 saturated carbocycles. The van der Waals surface area contributed by atoms with Crippen LogP contribution >= 0.6 is 11.3 Å². The van der Waals surface area contributed by atoms with E-state index in [0.717, 1.165) is 37.1 Å². The zero-order valence-electron chi connectivity index (χ0n) is 13.8. The number of piperidine rings is 1. The Balaban J connectivity index is 1.53. The van der Waals surface area contributed by atoms with Gasteiger partial charge in [-0.3, -0.25) is 0 Å². The molecule has 5 nitrogen and oxygen atoms in total. The maximum Gasteiger partial charge on any atom is 0.410 e. The molecule has 1 saturated heterocycles. The number of anilines is 1. The lowest BCUT2D eigenvalue weighted by molar-refractivity contribution is 0.0210. The van der Waals surface area contributed by atoms with Gasteiger partial charge in [0.1, 0.15) is 5.60 Å². The fourth-order valence-corrected chi connectivity index (χ4v) is 3.43. The van der Waals surface area contributed by atoms with Gasteiger partial charge in [0.15, 0.2) is 0 Å². The molecule has 1 amide bonds. The molecular formula is C17H23N3O2S. The number of hydrogen-bond donors (Lipinski definition) is 1. The predicted octanol–water partition coefficient (Wildman–Crippen LogP) is 4.11. The van der Waals surface area contributed by atoms with Crippen molar-refractivity contribution in [2.24, 2.45) is 0 Å². The van der Waals surface area contributed by atoms with E-state index in [2.05, 4.69) is 22.4 Å². The van der Waals surface area contributed by atoms with Crippen molar-refractivity contribution < 1.29 is 9.53 Å². The van der Waals surface area contributed by atoms with E-state index in [1.54, 1.807) is 16.2 Å². The number of carbonyl (C=O) groups excluding carboxylic acids is 1. The summed E-state index contributed by atoms with van der Waals surface area (Å²) in [6, 6.07) is 6.65. The Morgan fingerprint density at radius 2 is 2.09 bits per heavy atom. The molecule has 0 spiro atoms. The zero-order valence-corrected chi connectivity index (χ0v) is 14.7. The predicted molar refractivity (Wildman–Crippen MR) is 94.1 cm³/mol. The number of nitrogens with one attached hydrogen (secondary N) is 1. The topological polar surface area (TPSA) is 54.5 Å². The monoisotopic (exact) mass is 333 g/mol. The molecule has 1 aliphatic heterocycles. The van der Waals surface area contributed by atoms with E-state index < -0.39 is 5.60 Å². The number of hydrogen-bond acceptors (Lipinski definition) is 5. The van der Waals surface area contributed by atoms with Gasteiger partial charge < -0.3 is 15.0 Å². The molecule has 1 fully saturated rings. The Hall–Kier alpha value is -1.82. The van der Waals surface area contributed by atoms with Gasteiger partial charge in [-0.25, -0.2) is 9.78 Å². The Morgan fingerprint density at radius 3 is 2.78 bits per heavy atom. The van der Waals surface area contributed by atoms with E-state index >= 15 is 0 Å². The highest BCUT2D eigenvalue weighted by atomic mass is 32.1. The molecule has 1 aliphatic rings. The molecular weight excluding hydrogens is 310 g/mol. The fraction of sp³-hybridized carbons (Fsp3) is 0.529. The first kappa shape index (κ1) is 16.1. The minimum atomic E-state index is -0.434. The first-order valence-corrected chi connectivity index (χ1v) is 8.86. The van der Waals surface area contributed by atoms with E-state index in [0.29, 0.717) is 6.04 Å². The van der Waals surface area contributed by atoms with Crippen LogP contribution in [0.5, 0.6) is 0 Å². The molecule has 1 aromatic heterocycles. The number of rotatable bonds is 2. The van der Waals surface area contributed by atoms with E-state index in [4.69, 9.17) is 4.74 Å². The van der Waals surface area contributed by atoms with Crippen LogP contribution in [0.15, 0.2) is 23.7 Å². The second-order valence-corrected chi connectivity index (χ2v) is 7.81. The highest BCUT2D eigenvalue weighted by molar-refractivity contribution is 7.16. The number of fused-ring (bicyclic) bond motifs is 1. The Labute approximate surface area is 140 Å². The van der Waals surface area contributed by atoms with E-state index in [9.17, 15) is 4.79 Å². The van der Waals surface area contributed by atoms with Crippen molar-refractivity contribution in [2.75, 3.05) is 18.4 Å². The van der Waals surface area contributed by atoms with Crippen molar-refractivity contribution in [2.45, 2.75) is 45.3 Å². The second-order valence-electron chi connectivity index (χ2n) is 6.92. The van der Waals surface area contributed by atoms with Crippen molar-refractivity contribution in [3.05, 3.63) is 23.7 Å². The van der Waals surface area contributed by atoms with Crippen molar-refractivity contribution in [1.82, 2.24) is 9.88 Å². The quantitative estimate of drug-likeness (QED) is 0.898. The van der Waals surface area contributed by atoms with Crippen molar-refractivity contribution in [3.8, 4) is 0 Å². The number of nitrogens with zero attached hydrogens (tertiary/aromatic N) is 2. The third-order valence-corrected chi connectivity index (χ3v) is 4.64. The maximum atomic E-state index is 12.1. The summed E-state index contributed by atoms with van der Waals surface area (Å²) in [6.45, 7) is 7.16. The van der Waals surface area contributed by atoms with Gasteiger partial charge in [-0.05, 0) is 51.8 Å². The van der Waals surface area contributed by atoms with Gasteiger partial charge in [-0.15, -0.1) is 11.3 Å². The molecule has 0 bridgehead atoms. The molecule has 0 atom stereocenters. The average Bonchev–Trinajstić information content (AvgIpc) is 2.94. The van der Waals surface area contributed by atoms with Crippen molar-refractivity contribution in [3.63, 3.8) is 0 Å². The normalized spacial score (nSPS) is 16.6. The fourth-order valence-electron chi connectivity index (χ4n) is 2.71. The Morgan fingerprint density at radius 1 is 1.35 bits per heavy atom. The van der Waals surface area contributed by atoms with Crippen LogP contribution in [0.3, 0.4) is 0 Å². The second kappa shape index (κ2) is 6.35. The van der Waals surface area contributed by atoms with E-state index in [-0.39, 0.29) is 6.09 Å². The molecule has 3 rings (SSSR count). The van der Waals surface area contributed by atoms with Crippen LogP contribution in [-0.4, -0.2) is 40.7 Å². The summed E-state index contributed by atoms with van der Waals surface area (Å²) in [4.78, 5) is 18.2. The van der Waals surface area contributed by atoms with Gasteiger partial charge in [-0.2, -0.15) is 0 Å². The molecule has 23 heavy (non-hydrogen) atoms. The molecule has 1 aromatic carbocycles. The third-order valence-electron chi connectivity index (χ3n) is 3.85. The van der Waals surface area contributed by atoms with Crippen LogP contribution < -0.4 is 5.32 Å². The first-order chi connectivity index (χ1) is 10.9. The molecule has 0 radical (unpaired) electrons. The Kier molecular flexibility index (Phi) is 4.43. The lowest BCUT2D eigenvalue weighted by Crippen LogP contribution is -2.44. The summed E-state index contributed by atoms with van der Waals surface area (Å²) in [7, 11) is 0. The summed E-state index contributed by atoms with van der Waals surface area (Å²) in [5, 5.41) is 3.57. The lowest BCUT2D eigenvalue weighted by atomic mass is 10.0. The number of thiazole rings is 1. The summed E-state index contributed by atoms with van der Waals surface area (Å²) >= 11 is 1.65. The van der Waals surface area contributed by atoms with Gasteiger partial charge in [-0.1, -0.05) is 0 Å².